The molecule has 0 aromatic heterocycles. The normalized spacial score (nSPS) is 28.8. The van der Waals surface area contributed by atoms with Gasteiger partial charge in [0.25, 0.3) is 0 Å². The maximum atomic E-state index is 6.15. The zero-order valence-corrected chi connectivity index (χ0v) is 11.8. The van der Waals surface area contributed by atoms with Crippen LogP contribution in [0.25, 0.3) is 0 Å². The molecule has 1 unspecified atom stereocenters. The van der Waals surface area contributed by atoms with Crippen LogP contribution < -0.4 is 5.73 Å². The van der Waals surface area contributed by atoms with Gasteiger partial charge in [0.05, 0.1) is 0 Å². The predicted molar refractivity (Wildman–Crippen MR) is 75.3 cm³/mol. The maximum absolute atomic E-state index is 6.15. The van der Waals surface area contributed by atoms with E-state index in [1.807, 2.05) is 0 Å². The van der Waals surface area contributed by atoms with Crippen molar-refractivity contribution in [1.29, 1.82) is 0 Å². The number of rotatable bonds is 0. The Kier molecular flexibility index (Phi) is 7.82. The van der Waals surface area contributed by atoms with Crippen molar-refractivity contribution in [2.45, 2.75) is 51.0 Å². The molecule has 1 rings (SSSR count). The van der Waals surface area contributed by atoms with Gasteiger partial charge in [0, 0.05) is 6.04 Å². The molecule has 0 aliphatic carbocycles. The van der Waals surface area contributed by atoms with Crippen LogP contribution in [0.2, 0.25) is 0 Å². The van der Waals surface area contributed by atoms with Gasteiger partial charge >= 0.3 is 0 Å². The molecule has 3 heteroatoms. The van der Waals surface area contributed by atoms with Crippen molar-refractivity contribution in [3.05, 3.63) is 0 Å². The van der Waals surface area contributed by atoms with Crippen LogP contribution in [0, 0.1) is 0 Å². The third kappa shape index (κ3) is 7.74. The average Bonchev–Trinajstić information content (AvgIpc) is 2.30. The zero-order chi connectivity index (χ0) is 12.5. The van der Waals surface area contributed by atoms with E-state index in [1.54, 1.807) is 0 Å². The van der Waals surface area contributed by atoms with Gasteiger partial charge in [-0.15, -0.1) is 0 Å². The molecule has 0 amide bonds. The minimum Gasteiger partial charge on any atom is -0.328 e. The molecule has 102 valence electrons. The molecule has 0 saturated carbocycles. The summed E-state index contributed by atoms with van der Waals surface area (Å²) in [5.74, 6) is 0. The van der Waals surface area contributed by atoms with E-state index in [-0.39, 0.29) is 0 Å². The fourth-order valence-electron chi connectivity index (χ4n) is 2.49. The van der Waals surface area contributed by atoms with Gasteiger partial charge in [0.15, 0.2) is 0 Å². The lowest BCUT2D eigenvalue weighted by Crippen LogP contribution is -2.30. The van der Waals surface area contributed by atoms with Gasteiger partial charge < -0.3 is 15.5 Å². The highest BCUT2D eigenvalue weighted by molar-refractivity contribution is 4.66. The molecule has 0 aromatic rings. The molecular weight excluding hydrogens is 210 g/mol. The second-order valence-electron chi connectivity index (χ2n) is 5.71. The predicted octanol–water partition coefficient (Wildman–Crippen LogP) is 1.92. The Morgan fingerprint density at radius 2 is 1.24 bits per heavy atom. The summed E-state index contributed by atoms with van der Waals surface area (Å²) >= 11 is 0. The molecule has 1 fully saturated rings. The Morgan fingerprint density at radius 1 is 0.706 bits per heavy atom. The van der Waals surface area contributed by atoms with E-state index in [0.717, 1.165) is 13.0 Å². The Labute approximate surface area is 107 Å². The number of hydrogen-bond acceptors (Lipinski definition) is 3. The second kappa shape index (κ2) is 8.90. The molecule has 17 heavy (non-hydrogen) atoms. The van der Waals surface area contributed by atoms with E-state index < -0.39 is 0 Å². The quantitative estimate of drug-likeness (QED) is 0.703. The molecule has 1 heterocycles. The highest BCUT2D eigenvalue weighted by Crippen LogP contribution is 2.07. The number of nitrogens with two attached hydrogens (primary N) is 1. The highest BCUT2D eigenvalue weighted by Gasteiger charge is 2.07. The fourth-order valence-corrected chi connectivity index (χ4v) is 2.49. The second-order valence-corrected chi connectivity index (χ2v) is 5.71. The topological polar surface area (TPSA) is 32.5 Å². The van der Waals surface area contributed by atoms with Gasteiger partial charge in [-0.25, -0.2) is 0 Å². The first-order valence-electron chi connectivity index (χ1n) is 7.31. The minimum absolute atomic E-state index is 0.397. The molecule has 1 aliphatic rings. The van der Waals surface area contributed by atoms with Gasteiger partial charge in [-0.3, -0.25) is 0 Å². The SMILES string of the molecule is CN1CCCCCCN(C)CCC(N)CCC1. The standard InChI is InChI=1S/C14H31N3/c1-16-10-5-3-4-6-11-17(2)13-9-14(15)8-7-12-16/h14H,3-13,15H2,1-2H3. The molecular formula is C14H31N3. The Bertz CT molecular complexity index is 184. The highest BCUT2D eigenvalue weighted by atomic mass is 15.1. The van der Waals surface area contributed by atoms with Crippen LogP contribution in [-0.2, 0) is 0 Å². The van der Waals surface area contributed by atoms with Crippen molar-refractivity contribution < 1.29 is 0 Å². The van der Waals surface area contributed by atoms with Gasteiger partial charge in [-0.05, 0) is 72.4 Å². The van der Waals surface area contributed by atoms with E-state index in [1.165, 1.54) is 58.2 Å². The molecule has 3 nitrogen and oxygen atoms in total. The van der Waals surface area contributed by atoms with Crippen LogP contribution in [-0.4, -0.2) is 56.1 Å². The van der Waals surface area contributed by atoms with E-state index in [0.29, 0.717) is 6.04 Å². The first kappa shape index (κ1) is 14.9. The summed E-state index contributed by atoms with van der Waals surface area (Å²) in [5.41, 5.74) is 6.15. The summed E-state index contributed by atoms with van der Waals surface area (Å²) in [6.07, 6.45) is 9.05. The summed E-state index contributed by atoms with van der Waals surface area (Å²) < 4.78 is 0. The van der Waals surface area contributed by atoms with Gasteiger partial charge in [-0.1, -0.05) is 12.8 Å². The van der Waals surface area contributed by atoms with Crippen molar-refractivity contribution >= 4 is 0 Å². The zero-order valence-electron chi connectivity index (χ0n) is 11.8. The third-order valence-corrected chi connectivity index (χ3v) is 3.83. The molecule has 1 saturated heterocycles. The minimum atomic E-state index is 0.397. The van der Waals surface area contributed by atoms with Crippen molar-refractivity contribution in [2.75, 3.05) is 40.3 Å². The molecule has 2 N–H and O–H groups in total. The van der Waals surface area contributed by atoms with Crippen molar-refractivity contribution in [2.24, 2.45) is 5.73 Å². The van der Waals surface area contributed by atoms with Crippen LogP contribution in [0.4, 0.5) is 0 Å². The molecule has 0 bridgehead atoms. The van der Waals surface area contributed by atoms with Crippen LogP contribution in [0.1, 0.15) is 44.9 Å². The van der Waals surface area contributed by atoms with E-state index in [9.17, 15) is 0 Å². The lowest BCUT2D eigenvalue weighted by molar-refractivity contribution is 0.281. The van der Waals surface area contributed by atoms with Crippen LogP contribution in [0.5, 0.6) is 0 Å². The molecule has 1 aliphatic heterocycles. The van der Waals surface area contributed by atoms with Crippen LogP contribution >= 0.6 is 0 Å². The molecule has 0 radical (unpaired) electrons. The van der Waals surface area contributed by atoms with E-state index in [4.69, 9.17) is 5.73 Å². The first-order chi connectivity index (χ1) is 8.18. The van der Waals surface area contributed by atoms with Crippen molar-refractivity contribution in [3.8, 4) is 0 Å². The maximum Gasteiger partial charge on any atom is 0.00514 e. The lowest BCUT2D eigenvalue weighted by Gasteiger charge is -2.22. The summed E-state index contributed by atoms with van der Waals surface area (Å²) in [6.45, 7) is 4.87. The smallest absolute Gasteiger partial charge is 0.00514 e. The molecule has 0 spiro atoms. The largest absolute Gasteiger partial charge is 0.328 e. The van der Waals surface area contributed by atoms with Crippen LogP contribution in [0.3, 0.4) is 0 Å². The number of nitrogens with zero attached hydrogens (tertiary/aromatic N) is 2. The van der Waals surface area contributed by atoms with Crippen molar-refractivity contribution in [1.82, 2.24) is 9.80 Å². The Balaban J connectivity index is 2.28. The lowest BCUT2D eigenvalue weighted by atomic mass is 10.1. The summed E-state index contributed by atoms with van der Waals surface area (Å²) in [4.78, 5) is 4.91. The summed E-state index contributed by atoms with van der Waals surface area (Å²) in [7, 11) is 4.47. The van der Waals surface area contributed by atoms with Crippen LogP contribution in [0.15, 0.2) is 0 Å². The Morgan fingerprint density at radius 3 is 1.88 bits per heavy atom. The average molecular weight is 241 g/mol. The van der Waals surface area contributed by atoms with Crippen molar-refractivity contribution in [3.63, 3.8) is 0 Å². The molecule has 0 aromatic carbocycles. The third-order valence-electron chi connectivity index (χ3n) is 3.83. The van der Waals surface area contributed by atoms with Gasteiger partial charge in [0.2, 0.25) is 0 Å². The monoisotopic (exact) mass is 241 g/mol. The summed E-state index contributed by atoms with van der Waals surface area (Å²) in [6, 6.07) is 0.397. The fraction of sp³-hybridized carbons (Fsp3) is 1.00. The van der Waals surface area contributed by atoms with Gasteiger partial charge in [-0.2, -0.15) is 0 Å². The van der Waals surface area contributed by atoms with Gasteiger partial charge in [0.1, 0.15) is 0 Å². The first-order valence-corrected chi connectivity index (χ1v) is 7.31. The van der Waals surface area contributed by atoms with E-state index in [2.05, 4.69) is 23.9 Å². The molecule has 1 atom stereocenters. The number of hydrogen-bond donors (Lipinski definition) is 1. The summed E-state index contributed by atoms with van der Waals surface area (Å²) in [5, 5.41) is 0. The Hall–Kier alpha value is -0.120. The van der Waals surface area contributed by atoms with E-state index >= 15 is 0 Å².